The summed E-state index contributed by atoms with van der Waals surface area (Å²) >= 11 is 0. The van der Waals surface area contributed by atoms with Gasteiger partial charge in [0.15, 0.2) is 0 Å². The van der Waals surface area contributed by atoms with E-state index in [2.05, 4.69) is 15.4 Å². The number of hydrogen-bond donors (Lipinski definition) is 3. The van der Waals surface area contributed by atoms with E-state index >= 15 is 0 Å². The summed E-state index contributed by atoms with van der Waals surface area (Å²) < 4.78 is 39.5. The molecule has 0 aromatic heterocycles. The Morgan fingerprint density at radius 2 is 2.08 bits per heavy atom. The molecule has 2 aromatic rings. The molecular formula is C18H20FN3O3S. The molecule has 0 atom stereocenters. The van der Waals surface area contributed by atoms with Gasteiger partial charge in [0.05, 0.1) is 18.4 Å². The van der Waals surface area contributed by atoms with Gasteiger partial charge in [0.25, 0.3) is 0 Å². The summed E-state index contributed by atoms with van der Waals surface area (Å²) in [5.41, 5.74) is 2.72. The fraction of sp³-hybridized carbons (Fsp3) is 0.278. The van der Waals surface area contributed by atoms with Crippen molar-refractivity contribution < 1.29 is 17.6 Å². The van der Waals surface area contributed by atoms with E-state index in [1.165, 1.54) is 0 Å². The van der Waals surface area contributed by atoms with Crippen molar-refractivity contribution in [2.45, 2.75) is 19.4 Å². The van der Waals surface area contributed by atoms with Gasteiger partial charge < -0.3 is 10.6 Å². The molecule has 0 unspecified atom stereocenters. The first-order valence-electron chi connectivity index (χ1n) is 8.19. The van der Waals surface area contributed by atoms with Crippen LogP contribution in [0.5, 0.6) is 0 Å². The van der Waals surface area contributed by atoms with Gasteiger partial charge in [-0.15, -0.1) is 0 Å². The third-order valence-corrected chi connectivity index (χ3v) is 4.68. The lowest BCUT2D eigenvalue weighted by Crippen LogP contribution is -2.25. The number of fused-ring (bicyclic) bond motifs is 1. The number of benzene rings is 2. The Balaban J connectivity index is 1.71. The van der Waals surface area contributed by atoms with Gasteiger partial charge in [0, 0.05) is 12.2 Å². The lowest BCUT2D eigenvalue weighted by Gasteiger charge is -2.19. The van der Waals surface area contributed by atoms with Crippen molar-refractivity contribution in [3.63, 3.8) is 0 Å². The van der Waals surface area contributed by atoms with Crippen LogP contribution in [0.1, 0.15) is 16.7 Å². The number of carbonyl (C=O) groups is 1. The topological polar surface area (TPSA) is 87.3 Å². The van der Waals surface area contributed by atoms with E-state index in [-0.39, 0.29) is 23.8 Å². The van der Waals surface area contributed by atoms with Gasteiger partial charge in [-0.25, -0.2) is 12.8 Å². The molecule has 0 fully saturated rings. The highest BCUT2D eigenvalue weighted by atomic mass is 32.2. The van der Waals surface area contributed by atoms with Crippen LogP contribution >= 0.6 is 0 Å². The minimum Gasteiger partial charge on any atom is -0.323 e. The molecule has 0 spiro atoms. The number of sulfonamides is 1. The Hall–Kier alpha value is -2.45. The van der Waals surface area contributed by atoms with Crippen molar-refractivity contribution >= 4 is 27.3 Å². The van der Waals surface area contributed by atoms with Crippen molar-refractivity contribution in [3.8, 4) is 0 Å². The molecule has 6 nitrogen and oxygen atoms in total. The second kappa shape index (κ2) is 7.43. The molecule has 0 bridgehead atoms. The zero-order chi connectivity index (χ0) is 18.7. The molecule has 2 aromatic carbocycles. The van der Waals surface area contributed by atoms with E-state index in [9.17, 15) is 17.6 Å². The fourth-order valence-corrected chi connectivity index (χ4v) is 3.52. The molecule has 0 saturated carbocycles. The van der Waals surface area contributed by atoms with Gasteiger partial charge >= 0.3 is 0 Å². The van der Waals surface area contributed by atoms with Crippen LogP contribution in [0.2, 0.25) is 0 Å². The second-order valence-corrected chi connectivity index (χ2v) is 8.04. The molecule has 8 heteroatoms. The van der Waals surface area contributed by atoms with Crippen LogP contribution in [0, 0.1) is 5.82 Å². The minimum atomic E-state index is -3.39. The lowest BCUT2D eigenvalue weighted by atomic mass is 9.99. The third-order valence-electron chi connectivity index (χ3n) is 4.08. The Morgan fingerprint density at radius 1 is 1.27 bits per heavy atom. The quantitative estimate of drug-likeness (QED) is 0.744. The van der Waals surface area contributed by atoms with E-state index in [1.54, 1.807) is 30.3 Å². The first kappa shape index (κ1) is 18.3. The number of hydrogen-bond acceptors (Lipinski definition) is 4. The minimum absolute atomic E-state index is 0.0113. The molecule has 138 valence electrons. The summed E-state index contributed by atoms with van der Waals surface area (Å²) in [6.07, 6.45) is 1.65. The first-order valence-corrected chi connectivity index (χ1v) is 10.1. The van der Waals surface area contributed by atoms with E-state index in [1.807, 2.05) is 6.07 Å². The van der Waals surface area contributed by atoms with Crippen molar-refractivity contribution in [2.75, 3.05) is 22.8 Å². The van der Waals surface area contributed by atoms with Gasteiger partial charge in [-0.05, 0) is 47.9 Å². The summed E-state index contributed by atoms with van der Waals surface area (Å²) in [6.45, 7) is 1.34. The summed E-state index contributed by atoms with van der Waals surface area (Å²) in [7, 11) is -3.39. The van der Waals surface area contributed by atoms with Crippen LogP contribution in [-0.4, -0.2) is 27.1 Å². The highest BCUT2D eigenvalue weighted by Crippen LogP contribution is 2.24. The maximum Gasteiger partial charge on any atom is 0.229 e. The van der Waals surface area contributed by atoms with Gasteiger partial charge in [-0.2, -0.15) is 0 Å². The van der Waals surface area contributed by atoms with Crippen LogP contribution in [0.3, 0.4) is 0 Å². The smallest absolute Gasteiger partial charge is 0.229 e. The number of rotatable bonds is 5. The predicted molar refractivity (Wildman–Crippen MR) is 99.1 cm³/mol. The standard InChI is InChI=1S/C18H20FN3O3S/c1-26(24,25)22-14-4-2-3-12(9-14)10-17(23)21-16-6-5-13-11-20-8-7-15(13)18(16)19/h2-6,9,20,22H,7-8,10-11H2,1H3,(H,21,23). The van der Waals surface area contributed by atoms with Crippen molar-refractivity contribution in [2.24, 2.45) is 0 Å². The molecule has 1 amide bonds. The maximum atomic E-state index is 14.6. The van der Waals surface area contributed by atoms with Gasteiger partial charge in [-0.1, -0.05) is 18.2 Å². The highest BCUT2D eigenvalue weighted by Gasteiger charge is 2.17. The number of nitrogens with one attached hydrogen (secondary N) is 3. The average Bonchev–Trinajstić information content (AvgIpc) is 2.56. The fourth-order valence-electron chi connectivity index (χ4n) is 2.97. The molecule has 3 N–H and O–H groups in total. The molecular weight excluding hydrogens is 357 g/mol. The number of carbonyl (C=O) groups excluding carboxylic acids is 1. The van der Waals surface area contributed by atoms with Crippen LogP contribution in [0.4, 0.5) is 15.8 Å². The van der Waals surface area contributed by atoms with Gasteiger partial charge in [-0.3, -0.25) is 9.52 Å². The van der Waals surface area contributed by atoms with Crippen LogP contribution < -0.4 is 15.4 Å². The van der Waals surface area contributed by atoms with E-state index in [0.717, 1.165) is 11.8 Å². The monoisotopic (exact) mass is 377 g/mol. The van der Waals surface area contributed by atoms with E-state index in [0.29, 0.717) is 36.3 Å². The summed E-state index contributed by atoms with van der Waals surface area (Å²) in [5.74, 6) is -0.751. The summed E-state index contributed by atoms with van der Waals surface area (Å²) in [5, 5.41) is 5.78. The van der Waals surface area contributed by atoms with Gasteiger partial charge in [0.2, 0.25) is 15.9 Å². The predicted octanol–water partition coefficient (Wildman–Crippen LogP) is 2.02. The second-order valence-electron chi connectivity index (χ2n) is 6.29. The molecule has 0 saturated heterocycles. The Kier molecular flexibility index (Phi) is 5.24. The molecule has 0 aliphatic carbocycles. The van der Waals surface area contributed by atoms with Gasteiger partial charge in [0.1, 0.15) is 5.82 Å². The molecule has 0 radical (unpaired) electrons. The summed E-state index contributed by atoms with van der Waals surface area (Å²) in [4.78, 5) is 12.3. The maximum absolute atomic E-state index is 14.6. The number of amides is 1. The summed E-state index contributed by atoms with van der Waals surface area (Å²) in [6, 6.07) is 9.93. The highest BCUT2D eigenvalue weighted by molar-refractivity contribution is 7.92. The van der Waals surface area contributed by atoms with E-state index < -0.39 is 10.0 Å². The Bertz CT molecular complexity index is 945. The van der Waals surface area contributed by atoms with Crippen LogP contribution in [0.25, 0.3) is 0 Å². The first-order chi connectivity index (χ1) is 12.3. The molecule has 3 rings (SSSR count). The van der Waals surface area contributed by atoms with Crippen molar-refractivity contribution in [1.29, 1.82) is 0 Å². The lowest BCUT2D eigenvalue weighted by molar-refractivity contribution is -0.115. The largest absolute Gasteiger partial charge is 0.323 e. The normalized spacial score (nSPS) is 13.8. The van der Waals surface area contributed by atoms with E-state index in [4.69, 9.17) is 0 Å². The number of anilines is 2. The molecule has 1 aliphatic heterocycles. The van der Waals surface area contributed by atoms with Crippen molar-refractivity contribution in [1.82, 2.24) is 5.32 Å². The zero-order valence-corrected chi connectivity index (χ0v) is 15.1. The van der Waals surface area contributed by atoms with Crippen molar-refractivity contribution in [3.05, 3.63) is 58.9 Å². The molecule has 26 heavy (non-hydrogen) atoms. The third kappa shape index (κ3) is 4.59. The molecule has 1 aliphatic rings. The average molecular weight is 377 g/mol. The molecule has 1 heterocycles. The zero-order valence-electron chi connectivity index (χ0n) is 14.3. The Labute approximate surface area is 151 Å². The Morgan fingerprint density at radius 3 is 2.85 bits per heavy atom. The van der Waals surface area contributed by atoms with Crippen LogP contribution in [-0.2, 0) is 34.2 Å². The van der Waals surface area contributed by atoms with Crippen LogP contribution in [0.15, 0.2) is 36.4 Å². The number of halogens is 1. The SMILES string of the molecule is CS(=O)(=O)Nc1cccc(CC(=O)Nc2ccc3c(c2F)CCNC3)c1.